The van der Waals surface area contributed by atoms with Crippen LogP contribution in [-0.4, -0.2) is 24.2 Å². The molecule has 1 N–H and O–H groups in total. The van der Waals surface area contributed by atoms with E-state index in [-0.39, 0.29) is 5.57 Å². The van der Waals surface area contributed by atoms with Gasteiger partial charge in [0, 0.05) is 23.6 Å². The number of methoxy groups -OCH3 is 1. The van der Waals surface area contributed by atoms with Crippen LogP contribution in [0.4, 0.5) is 0 Å². The lowest BCUT2D eigenvalue weighted by Gasteiger charge is -2.08. The Kier molecular flexibility index (Phi) is 5.98. The lowest BCUT2D eigenvalue weighted by Crippen LogP contribution is -2.10. The average molecular weight is 221 g/mol. The molecule has 0 aromatic carbocycles. The highest BCUT2D eigenvalue weighted by atomic mass is 16.5. The van der Waals surface area contributed by atoms with Crippen LogP contribution in [0.2, 0.25) is 0 Å². The normalized spacial score (nSPS) is 12.2. The second-order valence-corrected chi connectivity index (χ2v) is 2.73. The predicted molar refractivity (Wildman–Crippen MR) is 56.2 cm³/mol. The van der Waals surface area contributed by atoms with Gasteiger partial charge in [0.25, 0.3) is 0 Å². The molecule has 16 heavy (non-hydrogen) atoms. The smallest absolute Gasteiger partial charge is 0.334 e. The molecule has 5 heteroatoms. The molecule has 0 aliphatic carbocycles. The zero-order valence-electron chi connectivity index (χ0n) is 8.71. The minimum absolute atomic E-state index is 0.0616. The van der Waals surface area contributed by atoms with Gasteiger partial charge in [-0.2, -0.15) is 5.26 Å². The van der Waals surface area contributed by atoms with Crippen LogP contribution in [-0.2, 0) is 14.3 Å². The molecule has 0 radical (unpaired) electrons. The molecule has 0 aliphatic rings. The summed E-state index contributed by atoms with van der Waals surface area (Å²) in [5.41, 5.74) is 0.0616. The number of aliphatic carboxylic acids is 1. The van der Waals surface area contributed by atoms with E-state index >= 15 is 0 Å². The third-order valence-electron chi connectivity index (χ3n) is 1.67. The van der Waals surface area contributed by atoms with Crippen molar-refractivity contribution in [3.63, 3.8) is 0 Å². The van der Waals surface area contributed by atoms with Crippen LogP contribution in [0.5, 0.6) is 0 Å². The predicted octanol–water partition coefficient (Wildman–Crippen LogP) is 1.05. The third kappa shape index (κ3) is 4.77. The van der Waals surface area contributed by atoms with E-state index in [0.717, 1.165) is 12.2 Å². The van der Waals surface area contributed by atoms with Gasteiger partial charge in [0.1, 0.15) is 0 Å². The van der Waals surface area contributed by atoms with Crippen molar-refractivity contribution < 1.29 is 19.4 Å². The van der Waals surface area contributed by atoms with Crippen molar-refractivity contribution in [2.45, 2.75) is 0 Å². The number of hydrogen-bond acceptors (Lipinski definition) is 4. The van der Waals surface area contributed by atoms with Crippen molar-refractivity contribution in [1.29, 1.82) is 5.26 Å². The second kappa shape index (κ2) is 7.01. The molecule has 5 nitrogen and oxygen atoms in total. The second-order valence-electron chi connectivity index (χ2n) is 2.73. The van der Waals surface area contributed by atoms with Crippen LogP contribution >= 0.6 is 0 Å². The van der Waals surface area contributed by atoms with E-state index in [4.69, 9.17) is 10.4 Å². The van der Waals surface area contributed by atoms with Crippen molar-refractivity contribution >= 4 is 11.9 Å². The van der Waals surface area contributed by atoms with E-state index in [0.29, 0.717) is 0 Å². The maximum Gasteiger partial charge on any atom is 0.334 e. The summed E-state index contributed by atoms with van der Waals surface area (Å²) in [6, 6.07) is 1.74. The Balaban J connectivity index is 4.88. The number of rotatable bonds is 5. The van der Waals surface area contributed by atoms with Crippen molar-refractivity contribution in [2.24, 2.45) is 5.92 Å². The fourth-order valence-electron chi connectivity index (χ4n) is 0.896. The van der Waals surface area contributed by atoms with E-state index in [1.54, 1.807) is 6.07 Å². The number of carboxylic acids is 1. The van der Waals surface area contributed by atoms with Crippen molar-refractivity contribution in [2.75, 3.05) is 7.11 Å². The van der Waals surface area contributed by atoms with E-state index in [9.17, 15) is 9.59 Å². The maximum absolute atomic E-state index is 11.1. The first-order chi connectivity index (χ1) is 7.52. The Morgan fingerprint density at radius 1 is 1.50 bits per heavy atom. The standard InChI is InChI=1S/C11H11NO4/c1-8(11(15)16-2)9(4-3-7-12)5-6-10(13)14/h3-6,9H,1H2,2H3,(H,13,14). The van der Waals surface area contributed by atoms with E-state index in [1.165, 1.54) is 19.3 Å². The van der Waals surface area contributed by atoms with Gasteiger partial charge in [-0.25, -0.2) is 9.59 Å². The Morgan fingerprint density at radius 2 is 2.12 bits per heavy atom. The summed E-state index contributed by atoms with van der Waals surface area (Å²) >= 11 is 0. The SMILES string of the molecule is C=C(C(=O)OC)C(C=CC#N)C=CC(=O)O. The number of carbonyl (C=O) groups is 2. The first kappa shape index (κ1) is 13.7. The van der Waals surface area contributed by atoms with Crippen LogP contribution in [0.1, 0.15) is 0 Å². The summed E-state index contributed by atoms with van der Waals surface area (Å²) in [6.07, 6.45) is 4.62. The monoisotopic (exact) mass is 221 g/mol. The van der Waals surface area contributed by atoms with Gasteiger partial charge < -0.3 is 9.84 Å². The number of ether oxygens (including phenoxy) is 1. The van der Waals surface area contributed by atoms with Gasteiger partial charge in [0.05, 0.1) is 13.2 Å². The lowest BCUT2D eigenvalue weighted by molar-refractivity contribution is -0.136. The molecule has 0 saturated carbocycles. The molecule has 84 valence electrons. The topological polar surface area (TPSA) is 87.4 Å². The van der Waals surface area contributed by atoms with Crippen molar-refractivity contribution in [3.8, 4) is 6.07 Å². The highest BCUT2D eigenvalue weighted by molar-refractivity contribution is 5.89. The summed E-state index contributed by atoms with van der Waals surface area (Å²) in [4.78, 5) is 21.5. The number of hydrogen-bond donors (Lipinski definition) is 1. The Labute approximate surface area is 92.9 Å². The van der Waals surface area contributed by atoms with Gasteiger partial charge in [0.2, 0.25) is 0 Å². The fourth-order valence-corrected chi connectivity index (χ4v) is 0.896. The molecule has 0 rings (SSSR count). The molecule has 0 aromatic heterocycles. The highest BCUT2D eigenvalue weighted by Crippen LogP contribution is 2.14. The Hall–Kier alpha value is -2.35. The molecular weight excluding hydrogens is 210 g/mol. The van der Waals surface area contributed by atoms with Gasteiger partial charge in [-0.15, -0.1) is 0 Å². The quantitative estimate of drug-likeness (QED) is 0.426. The maximum atomic E-state index is 11.1. The summed E-state index contributed by atoms with van der Waals surface area (Å²) in [6.45, 7) is 3.48. The van der Waals surface area contributed by atoms with Gasteiger partial charge in [-0.05, 0) is 0 Å². The summed E-state index contributed by atoms with van der Waals surface area (Å²) in [7, 11) is 1.19. The van der Waals surface area contributed by atoms with E-state index in [2.05, 4.69) is 11.3 Å². The Bertz CT molecular complexity index is 387. The molecule has 0 saturated heterocycles. The molecule has 1 atom stereocenters. The van der Waals surface area contributed by atoms with Gasteiger partial charge in [-0.3, -0.25) is 0 Å². The fraction of sp³-hybridized carbons (Fsp3) is 0.182. The molecule has 0 aliphatic heterocycles. The van der Waals surface area contributed by atoms with Crippen molar-refractivity contribution in [3.05, 3.63) is 36.5 Å². The average Bonchev–Trinajstić information content (AvgIpc) is 2.27. The van der Waals surface area contributed by atoms with E-state index in [1.807, 2.05) is 0 Å². The molecule has 0 fully saturated rings. The van der Waals surface area contributed by atoms with Crippen LogP contribution in [0.15, 0.2) is 36.5 Å². The third-order valence-corrected chi connectivity index (χ3v) is 1.67. The summed E-state index contributed by atoms with van der Waals surface area (Å²) in [5, 5.41) is 16.8. The first-order valence-electron chi connectivity index (χ1n) is 4.27. The summed E-state index contributed by atoms with van der Waals surface area (Å²) < 4.78 is 4.44. The van der Waals surface area contributed by atoms with Gasteiger partial charge in [0.15, 0.2) is 0 Å². The largest absolute Gasteiger partial charge is 0.478 e. The van der Waals surface area contributed by atoms with Gasteiger partial charge >= 0.3 is 11.9 Å². The molecule has 1 unspecified atom stereocenters. The van der Waals surface area contributed by atoms with Crippen LogP contribution in [0.3, 0.4) is 0 Å². The summed E-state index contributed by atoms with van der Waals surface area (Å²) in [5.74, 6) is -2.46. The number of carbonyl (C=O) groups excluding carboxylic acids is 1. The van der Waals surface area contributed by atoms with Crippen LogP contribution < -0.4 is 0 Å². The molecule has 0 heterocycles. The number of allylic oxidation sites excluding steroid dienone is 3. The Morgan fingerprint density at radius 3 is 2.56 bits per heavy atom. The van der Waals surface area contributed by atoms with Crippen molar-refractivity contribution in [1.82, 2.24) is 0 Å². The van der Waals surface area contributed by atoms with Crippen LogP contribution in [0, 0.1) is 17.2 Å². The molecule has 0 bridgehead atoms. The van der Waals surface area contributed by atoms with Gasteiger partial charge in [-0.1, -0.05) is 18.7 Å². The lowest BCUT2D eigenvalue weighted by atomic mass is 9.99. The number of nitriles is 1. The molecule has 0 aromatic rings. The van der Waals surface area contributed by atoms with E-state index < -0.39 is 17.9 Å². The minimum atomic E-state index is -1.15. The zero-order chi connectivity index (χ0) is 12.6. The minimum Gasteiger partial charge on any atom is -0.478 e. The molecular formula is C11H11NO4. The van der Waals surface area contributed by atoms with Crippen LogP contribution in [0.25, 0.3) is 0 Å². The first-order valence-corrected chi connectivity index (χ1v) is 4.27. The zero-order valence-corrected chi connectivity index (χ0v) is 8.71. The molecule has 0 spiro atoms. The number of carboxylic acid groups (broad SMARTS) is 1. The number of esters is 1. The molecule has 0 amide bonds. The number of nitrogens with zero attached hydrogens (tertiary/aromatic N) is 1. The highest BCUT2D eigenvalue weighted by Gasteiger charge is 2.14.